The Bertz CT molecular complexity index is 1220. The van der Waals surface area contributed by atoms with Crippen molar-refractivity contribution in [3.8, 4) is 5.75 Å². The van der Waals surface area contributed by atoms with Gasteiger partial charge in [-0.1, -0.05) is 39.8 Å². The number of amides is 1. The van der Waals surface area contributed by atoms with Crippen molar-refractivity contribution >= 4 is 22.5 Å². The van der Waals surface area contributed by atoms with Gasteiger partial charge in [0.15, 0.2) is 0 Å². The molecule has 2 N–H and O–H groups in total. The molecule has 1 fully saturated rings. The number of aliphatic hydroxyl groups is 1. The van der Waals surface area contributed by atoms with E-state index in [4.69, 9.17) is 4.74 Å². The number of anilines is 1. The zero-order valence-electron chi connectivity index (χ0n) is 20.8. The first-order valence-electron chi connectivity index (χ1n) is 12.2. The molecule has 5 nitrogen and oxygen atoms in total. The Labute approximate surface area is 200 Å². The number of nitrogens with zero attached hydrogens (tertiary/aromatic N) is 1. The Morgan fingerprint density at radius 3 is 2.50 bits per heavy atom. The molecule has 182 valence electrons. The first kappa shape index (κ1) is 24.3. The van der Waals surface area contributed by atoms with Crippen LogP contribution in [-0.2, 0) is 28.6 Å². The van der Waals surface area contributed by atoms with Gasteiger partial charge in [0.2, 0.25) is 5.91 Å². The summed E-state index contributed by atoms with van der Waals surface area (Å²) in [4.78, 5) is 13.4. The van der Waals surface area contributed by atoms with E-state index < -0.39 is 11.2 Å². The van der Waals surface area contributed by atoms with Crippen LogP contribution in [0.15, 0.2) is 36.4 Å². The number of hydrogen-bond donors (Lipinski definition) is 2. The van der Waals surface area contributed by atoms with Gasteiger partial charge >= 0.3 is 0 Å². The number of benzene rings is 2. The van der Waals surface area contributed by atoms with E-state index in [-0.39, 0.29) is 23.6 Å². The Kier molecular flexibility index (Phi) is 6.47. The van der Waals surface area contributed by atoms with Gasteiger partial charge in [0.25, 0.3) is 0 Å². The fourth-order valence-corrected chi connectivity index (χ4v) is 4.81. The van der Waals surface area contributed by atoms with Gasteiger partial charge in [0.1, 0.15) is 11.6 Å². The van der Waals surface area contributed by atoms with Gasteiger partial charge in [-0.3, -0.25) is 4.79 Å². The van der Waals surface area contributed by atoms with Gasteiger partial charge in [-0.2, -0.15) is 0 Å². The van der Waals surface area contributed by atoms with Gasteiger partial charge < -0.3 is 19.7 Å². The monoisotopic (exact) mass is 466 g/mol. The summed E-state index contributed by atoms with van der Waals surface area (Å²) in [6.45, 7) is 11.2. The first-order valence-corrected chi connectivity index (χ1v) is 12.2. The second-order valence-corrected chi connectivity index (χ2v) is 10.2. The smallest absolute Gasteiger partial charge is 0.235 e. The summed E-state index contributed by atoms with van der Waals surface area (Å²) in [6, 6.07) is 11.1. The predicted molar refractivity (Wildman–Crippen MR) is 134 cm³/mol. The average molecular weight is 467 g/mol. The summed E-state index contributed by atoms with van der Waals surface area (Å²) >= 11 is 0. The van der Waals surface area contributed by atoms with Gasteiger partial charge in [-0.05, 0) is 55.5 Å². The van der Waals surface area contributed by atoms with Gasteiger partial charge in [-0.25, -0.2) is 4.39 Å². The van der Waals surface area contributed by atoms with Crippen molar-refractivity contribution in [1.29, 1.82) is 0 Å². The third-order valence-corrected chi connectivity index (χ3v) is 6.81. The molecule has 6 heteroatoms. The zero-order chi connectivity index (χ0) is 24.7. The molecular formula is C28H35FN2O3. The molecule has 0 bridgehead atoms. The molecule has 1 heterocycles. The largest absolute Gasteiger partial charge is 0.494 e. The third-order valence-electron chi connectivity index (χ3n) is 6.81. The van der Waals surface area contributed by atoms with E-state index in [2.05, 4.69) is 39.1 Å². The lowest BCUT2D eigenvalue weighted by Gasteiger charge is -2.21. The first-order chi connectivity index (χ1) is 16.1. The maximum absolute atomic E-state index is 15.2. The van der Waals surface area contributed by atoms with E-state index in [0.717, 1.165) is 52.7 Å². The number of nitrogens with one attached hydrogen (secondary N) is 1. The van der Waals surface area contributed by atoms with Crippen LogP contribution in [0.1, 0.15) is 64.3 Å². The normalized spacial score (nSPS) is 14.9. The number of hydrogen-bond acceptors (Lipinski definition) is 3. The van der Waals surface area contributed by atoms with Crippen molar-refractivity contribution in [2.45, 2.75) is 71.3 Å². The summed E-state index contributed by atoms with van der Waals surface area (Å²) in [5.74, 6) is 0.196. The van der Waals surface area contributed by atoms with Crippen LogP contribution in [0, 0.1) is 5.82 Å². The van der Waals surface area contributed by atoms with E-state index >= 15 is 4.39 Å². The molecular weight excluding hydrogens is 431 g/mol. The van der Waals surface area contributed by atoms with Crippen LogP contribution in [0.4, 0.5) is 10.1 Å². The average Bonchev–Trinajstić information content (AvgIpc) is 3.53. The Morgan fingerprint density at radius 1 is 1.18 bits per heavy atom. The highest BCUT2D eigenvalue weighted by molar-refractivity contribution is 6.02. The topological polar surface area (TPSA) is 63.5 Å². The van der Waals surface area contributed by atoms with Crippen LogP contribution in [-0.4, -0.2) is 28.8 Å². The molecule has 1 aliphatic carbocycles. The van der Waals surface area contributed by atoms with E-state index in [9.17, 15) is 9.90 Å². The molecule has 2 aromatic carbocycles. The number of rotatable bonds is 8. The van der Waals surface area contributed by atoms with Gasteiger partial charge in [0, 0.05) is 29.1 Å². The molecule has 0 atom stereocenters. The molecule has 1 saturated carbocycles. The molecule has 1 aliphatic rings. The zero-order valence-corrected chi connectivity index (χ0v) is 20.8. The van der Waals surface area contributed by atoms with Crippen molar-refractivity contribution in [3.63, 3.8) is 0 Å². The lowest BCUT2D eigenvalue weighted by Crippen LogP contribution is -2.28. The van der Waals surface area contributed by atoms with Crippen LogP contribution < -0.4 is 10.1 Å². The molecule has 1 aromatic heterocycles. The molecule has 34 heavy (non-hydrogen) atoms. The second-order valence-electron chi connectivity index (χ2n) is 10.2. The Balaban J connectivity index is 1.66. The number of ether oxygens (including phenoxy) is 1. The minimum atomic E-state index is -0.630. The Morgan fingerprint density at radius 2 is 1.91 bits per heavy atom. The van der Waals surface area contributed by atoms with Crippen molar-refractivity contribution in [2.24, 2.45) is 0 Å². The summed E-state index contributed by atoms with van der Waals surface area (Å²) in [5, 5.41) is 13.3. The highest BCUT2D eigenvalue weighted by Gasteiger charge is 2.51. The van der Waals surface area contributed by atoms with Crippen molar-refractivity contribution < 1.29 is 19.0 Å². The fraction of sp³-hybridized carbons (Fsp3) is 0.464. The van der Waals surface area contributed by atoms with Crippen LogP contribution in [0.5, 0.6) is 5.75 Å². The van der Waals surface area contributed by atoms with Crippen molar-refractivity contribution in [3.05, 3.63) is 59.0 Å². The molecule has 0 unspecified atom stereocenters. The predicted octanol–water partition coefficient (Wildman–Crippen LogP) is 5.70. The quantitative estimate of drug-likeness (QED) is 0.448. The van der Waals surface area contributed by atoms with E-state index in [1.54, 1.807) is 6.07 Å². The van der Waals surface area contributed by atoms with Crippen LogP contribution in [0.25, 0.3) is 10.9 Å². The van der Waals surface area contributed by atoms with E-state index in [1.165, 1.54) is 6.07 Å². The van der Waals surface area contributed by atoms with E-state index in [0.29, 0.717) is 13.2 Å². The molecule has 0 spiro atoms. The minimum absolute atomic E-state index is 0.0304. The number of aliphatic hydroxyl groups excluding tert-OH is 1. The standard InChI is InChI=1S/C28H35FN2O3/c1-6-18-14-20(8-9-24(18)34-7-2)28(10-11-28)26(33)30-22-15-19-16-25(27(3,4)5)31(12-13-32)23(19)17-21(22)29/h8-9,14-17,32H,6-7,10-13H2,1-5H3,(H,30,33). The lowest BCUT2D eigenvalue weighted by atomic mass is 9.92. The number of aryl methyl sites for hydroxylation is 1. The number of aromatic nitrogens is 1. The molecule has 4 rings (SSSR count). The molecule has 0 saturated heterocycles. The number of carbonyl (C=O) groups excluding carboxylic acids is 1. The van der Waals surface area contributed by atoms with E-state index in [1.807, 2.05) is 29.7 Å². The number of fused-ring (bicyclic) bond motifs is 1. The molecule has 1 amide bonds. The maximum atomic E-state index is 15.2. The van der Waals surface area contributed by atoms with Crippen LogP contribution in [0.2, 0.25) is 0 Å². The summed E-state index contributed by atoms with van der Waals surface area (Å²) in [5.41, 5.74) is 3.15. The lowest BCUT2D eigenvalue weighted by molar-refractivity contribution is -0.118. The molecule has 0 radical (unpaired) electrons. The second kappa shape index (κ2) is 9.06. The van der Waals surface area contributed by atoms with Gasteiger partial charge in [-0.15, -0.1) is 0 Å². The minimum Gasteiger partial charge on any atom is -0.494 e. The molecule has 3 aromatic rings. The molecule has 0 aliphatic heterocycles. The highest BCUT2D eigenvalue weighted by atomic mass is 19.1. The number of halogens is 1. The van der Waals surface area contributed by atoms with Crippen molar-refractivity contribution in [1.82, 2.24) is 4.57 Å². The van der Waals surface area contributed by atoms with Crippen LogP contribution >= 0.6 is 0 Å². The van der Waals surface area contributed by atoms with Gasteiger partial charge in [0.05, 0.1) is 29.8 Å². The SMILES string of the molecule is CCOc1ccc(C2(C(=O)Nc3cc4cc(C(C)(C)C)n(CCO)c4cc3F)CC2)cc1CC. The maximum Gasteiger partial charge on any atom is 0.235 e. The Hall–Kier alpha value is -2.86. The highest BCUT2D eigenvalue weighted by Crippen LogP contribution is 2.50. The number of carbonyl (C=O) groups is 1. The van der Waals surface area contributed by atoms with Crippen molar-refractivity contribution in [2.75, 3.05) is 18.5 Å². The van der Waals surface area contributed by atoms with Crippen LogP contribution in [0.3, 0.4) is 0 Å². The summed E-state index contributed by atoms with van der Waals surface area (Å²) in [6.07, 6.45) is 2.29. The summed E-state index contributed by atoms with van der Waals surface area (Å²) in [7, 11) is 0. The third kappa shape index (κ3) is 4.31. The fourth-order valence-electron chi connectivity index (χ4n) is 4.81. The summed E-state index contributed by atoms with van der Waals surface area (Å²) < 4.78 is 22.8.